The van der Waals surface area contributed by atoms with Crippen LogP contribution in [0.25, 0.3) is 0 Å². The summed E-state index contributed by atoms with van der Waals surface area (Å²) in [6.07, 6.45) is 6.94. The molecule has 0 aliphatic carbocycles. The number of hydrogen-bond donors (Lipinski definition) is 1. The van der Waals surface area contributed by atoms with E-state index in [1.165, 1.54) is 0 Å². The molecule has 0 aromatic carbocycles. The van der Waals surface area contributed by atoms with Crippen molar-refractivity contribution in [1.82, 2.24) is 4.98 Å². The predicted octanol–water partition coefficient (Wildman–Crippen LogP) is 2.17. The number of nitrogen functional groups attached to an aromatic ring is 1. The second kappa shape index (κ2) is 4.97. The van der Waals surface area contributed by atoms with Crippen molar-refractivity contribution >= 4 is 11.5 Å². The first-order valence-corrected chi connectivity index (χ1v) is 4.31. The van der Waals surface area contributed by atoms with Crippen molar-refractivity contribution in [2.45, 2.75) is 6.92 Å². The van der Waals surface area contributed by atoms with Crippen LogP contribution in [0.15, 0.2) is 48.3 Å². The zero-order chi connectivity index (χ0) is 10.4. The van der Waals surface area contributed by atoms with Crippen LogP contribution in [-0.2, 0) is 0 Å². The maximum atomic E-state index is 5.48. The van der Waals surface area contributed by atoms with E-state index < -0.39 is 0 Å². The van der Waals surface area contributed by atoms with E-state index in [2.05, 4.69) is 16.6 Å². The minimum Gasteiger partial charge on any atom is -0.384 e. The van der Waals surface area contributed by atoms with Crippen LogP contribution in [-0.4, -0.2) is 10.7 Å². The predicted molar refractivity (Wildman–Crippen MR) is 60.2 cm³/mol. The molecule has 3 nitrogen and oxygen atoms in total. The summed E-state index contributed by atoms with van der Waals surface area (Å²) in [7, 11) is 0. The lowest BCUT2D eigenvalue weighted by Crippen LogP contribution is -1.98. The molecule has 0 atom stereocenters. The number of aliphatic imine (C=N–C) groups is 1. The summed E-state index contributed by atoms with van der Waals surface area (Å²) in [5, 5.41) is 0. The molecule has 0 aliphatic heterocycles. The number of nitrogens with two attached hydrogens (primary N) is 1. The van der Waals surface area contributed by atoms with Gasteiger partial charge in [0.2, 0.25) is 0 Å². The van der Waals surface area contributed by atoms with E-state index in [1.807, 2.05) is 19.1 Å². The molecule has 0 aliphatic rings. The second-order valence-electron chi connectivity index (χ2n) is 2.67. The van der Waals surface area contributed by atoms with Crippen molar-refractivity contribution in [2.75, 3.05) is 5.73 Å². The van der Waals surface area contributed by atoms with Gasteiger partial charge in [-0.2, -0.15) is 0 Å². The molecule has 1 aromatic heterocycles. The fraction of sp³-hybridized carbons (Fsp3) is 0.0909. The molecule has 0 bridgehead atoms. The Labute approximate surface area is 83.7 Å². The minimum absolute atomic E-state index is 0.503. The summed E-state index contributed by atoms with van der Waals surface area (Å²) in [4.78, 5) is 8.18. The number of pyridine rings is 1. The molecule has 1 heterocycles. The van der Waals surface area contributed by atoms with Gasteiger partial charge in [0, 0.05) is 18.0 Å². The fourth-order valence-electron chi connectivity index (χ4n) is 0.957. The lowest BCUT2D eigenvalue weighted by atomic mass is 10.2. The largest absolute Gasteiger partial charge is 0.384 e. The van der Waals surface area contributed by atoms with Gasteiger partial charge >= 0.3 is 0 Å². The zero-order valence-corrected chi connectivity index (χ0v) is 8.14. The molecule has 0 saturated carbocycles. The first-order chi connectivity index (χ1) is 6.77. The van der Waals surface area contributed by atoms with Gasteiger partial charge in [0.1, 0.15) is 5.82 Å². The Morgan fingerprint density at radius 1 is 1.57 bits per heavy atom. The Morgan fingerprint density at radius 3 is 2.86 bits per heavy atom. The van der Waals surface area contributed by atoms with Gasteiger partial charge in [-0.3, -0.25) is 4.99 Å². The van der Waals surface area contributed by atoms with E-state index in [-0.39, 0.29) is 0 Å². The van der Waals surface area contributed by atoms with Crippen LogP contribution >= 0.6 is 0 Å². The number of rotatable bonds is 3. The Kier molecular flexibility index (Phi) is 3.61. The Balaban J connectivity index is 3.01. The highest BCUT2D eigenvalue weighted by molar-refractivity contribution is 6.08. The monoisotopic (exact) mass is 187 g/mol. The van der Waals surface area contributed by atoms with Gasteiger partial charge in [0.15, 0.2) is 0 Å². The molecule has 2 N–H and O–H groups in total. The van der Waals surface area contributed by atoms with Crippen LogP contribution in [0.4, 0.5) is 5.82 Å². The van der Waals surface area contributed by atoms with Crippen molar-refractivity contribution < 1.29 is 0 Å². The normalized spacial score (nSPS) is 11.9. The molecule has 0 radical (unpaired) electrons. The van der Waals surface area contributed by atoms with Crippen molar-refractivity contribution in [2.24, 2.45) is 4.99 Å². The molecular weight excluding hydrogens is 174 g/mol. The van der Waals surface area contributed by atoms with Crippen molar-refractivity contribution in [3.8, 4) is 0 Å². The number of anilines is 1. The third kappa shape index (κ3) is 2.55. The van der Waals surface area contributed by atoms with Crippen LogP contribution in [0.2, 0.25) is 0 Å². The van der Waals surface area contributed by atoms with Gasteiger partial charge in [-0.1, -0.05) is 12.7 Å². The third-order valence-electron chi connectivity index (χ3n) is 1.64. The van der Waals surface area contributed by atoms with E-state index in [9.17, 15) is 0 Å². The second-order valence-corrected chi connectivity index (χ2v) is 2.67. The third-order valence-corrected chi connectivity index (χ3v) is 1.64. The summed E-state index contributed by atoms with van der Waals surface area (Å²) in [5.41, 5.74) is 7.17. The van der Waals surface area contributed by atoms with Crippen LogP contribution < -0.4 is 5.73 Å². The number of allylic oxidation sites excluding steroid dienone is 2. The summed E-state index contributed by atoms with van der Waals surface area (Å²) < 4.78 is 0. The van der Waals surface area contributed by atoms with Crippen LogP contribution in [0, 0.1) is 0 Å². The minimum atomic E-state index is 0.503. The molecule has 0 unspecified atom stereocenters. The Bertz CT molecular complexity index is 361. The quantitative estimate of drug-likeness (QED) is 0.737. The first-order valence-electron chi connectivity index (χ1n) is 4.31. The molecule has 1 rings (SSSR count). The molecule has 0 spiro atoms. The molecule has 0 saturated heterocycles. The standard InChI is InChI=1S/C11H13N3/c1-3-7-13-10(4-2)9-5-6-11(12)14-8-9/h3-8H,2H2,1H3,(H2,12,14)/b7-3-,13-10?. The van der Waals surface area contributed by atoms with E-state index in [4.69, 9.17) is 5.73 Å². The van der Waals surface area contributed by atoms with Crippen molar-refractivity contribution in [1.29, 1.82) is 0 Å². The highest BCUT2D eigenvalue weighted by Gasteiger charge is 1.97. The zero-order valence-electron chi connectivity index (χ0n) is 8.14. The van der Waals surface area contributed by atoms with Gasteiger partial charge in [-0.05, 0) is 25.1 Å². The van der Waals surface area contributed by atoms with Gasteiger partial charge < -0.3 is 5.73 Å². The highest BCUT2D eigenvalue weighted by atomic mass is 14.8. The summed E-state index contributed by atoms with van der Waals surface area (Å²) in [6, 6.07) is 3.61. The maximum absolute atomic E-state index is 5.48. The highest BCUT2D eigenvalue weighted by Crippen LogP contribution is 2.04. The summed E-state index contributed by atoms with van der Waals surface area (Å²) >= 11 is 0. The Morgan fingerprint density at radius 2 is 2.36 bits per heavy atom. The average molecular weight is 187 g/mol. The molecule has 3 heteroatoms. The van der Waals surface area contributed by atoms with Crippen LogP contribution in [0.5, 0.6) is 0 Å². The van der Waals surface area contributed by atoms with E-state index in [0.717, 1.165) is 11.3 Å². The molecule has 0 amide bonds. The molecule has 1 aromatic rings. The topological polar surface area (TPSA) is 51.3 Å². The van der Waals surface area contributed by atoms with Gasteiger partial charge in [0.05, 0.1) is 5.71 Å². The van der Waals surface area contributed by atoms with Gasteiger partial charge in [-0.15, -0.1) is 0 Å². The molecule has 72 valence electrons. The molecule has 0 fully saturated rings. The van der Waals surface area contributed by atoms with E-state index in [1.54, 1.807) is 24.5 Å². The summed E-state index contributed by atoms with van der Waals surface area (Å²) in [5.74, 6) is 0.503. The summed E-state index contributed by atoms with van der Waals surface area (Å²) in [6.45, 7) is 5.60. The SMILES string of the molecule is C=CC(=N/C=C\C)c1ccc(N)nc1. The smallest absolute Gasteiger partial charge is 0.123 e. The lowest BCUT2D eigenvalue weighted by molar-refractivity contribution is 1.32. The van der Waals surface area contributed by atoms with Crippen molar-refractivity contribution in [3.63, 3.8) is 0 Å². The Hall–Kier alpha value is -1.90. The number of nitrogens with zero attached hydrogens (tertiary/aromatic N) is 2. The van der Waals surface area contributed by atoms with E-state index >= 15 is 0 Å². The lowest BCUT2D eigenvalue weighted by Gasteiger charge is -1.99. The molecular formula is C11H13N3. The fourth-order valence-corrected chi connectivity index (χ4v) is 0.957. The van der Waals surface area contributed by atoms with Gasteiger partial charge in [0.25, 0.3) is 0 Å². The average Bonchev–Trinajstić information content (AvgIpc) is 2.21. The van der Waals surface area contributed by atoms with Crippen LogP contribution in [0.3, 0.4) is 0 Å². The number of aromatic nitrogens is 1. The first kappa shape index (κ1) is 10.2. The van der Waals surface area contributed by atoms with Crippen LogP contribution in [0.1, 0.15) is 12.5 Å². The van der Waals surface area contributed by atoms with E-state index in [0.29, 0.717) is 5.82 Å². The van der Waals surface area contributed by atoms with Crippen molar-refractivity contribution in [3.05, 3.63) is 48.8 Å². The number of hydrogen-bond acceptors (Lipinski definition) is 3. The van der Waals surface area contributed by atoms with Gasteiger partial charge in [-0.25, -0.2) is 4.98 Å². The molecule has 14 heavy (non-hydrogen) atoms. The maximum Gasteiger partial charge on any atom is 0.123 e.